The number of aryl methyl sites for hydroxylation is 1. The summed E-state index contributed by atoms with van der Waals surface area (Å²) in [4.78, 5) is 26.4. The number of methoxy groups -OCH3 is 2. The standard InChI is InChI=1S/C41H45N9O4/c1-27-11-13-29(48(2)37-15-18-42-40(44-37)53-4)20-33(27)35-25-50(47-45-35)24-30-9-7-19-49(30)26-41(16-17-41)22-38(51)43-23-31-21-34(46-54-31)39-32-10-6-5-8-28(32)12-14-36(39)52-3/h5-6,8,10-15,18,20-21,25,30H,7,9,16-17,19,22-24,26H2,1-4H3,(H,43,51). The van der Waals surface area contributed by atoms with Crippen LogP contribution in [-0.4, -0.2) is 81.3 Å². The third-order valence-corrected chi connectivity index (χ3v) is 10.9. The highest BCUT2D eigenvalue weighted by atomic mass is 16.5. The second kappa shape index (κ2) is 14.9. The minimum absolute atomic E-state index is 0.000361. The van der Waals surface area contributed by atoms with Crippen molar-refractivity contribution in [1.82, 2.24) is 40.3 Å². The molecule has 6 aromatic rings. The molecule has 13 heteroatoms. The Bertz CT molecular complexity index is 2280. The van der Waals surface area contributed by atoms with E-state index in [2.05, 4.69) is 72.9 Å². The number of carbonyl (C=O) groups excluding carboxylic acids is 1. The smallest absolute Gasteiger partial charge is 0.318 e. The third-order valence-electron chi connectivity index (χ3n) is 10.9. The molecule has 8 rings (SSSR count). The van der Waals surface area contributed by atoms with Gasteiger partial charge in [-0.25, -0.2) is 4.98 Å². The highest BCUT2D eigenvalue weighted by Crippen LogP contribution is 2.50. The number of aromatic nitrogens is 6. The number of ether oxygens (including phenoxy) is 2. The molecule has 1 N–H and O–H groups in total. The van der Waals surface area contributed by atoms with Gasteiger partial charge in [0, 0.05) is 49.6 Å². The van der Waals surface area contributed by atoms with Gasteiger partial charge in [-0.15, -0.1) is 5.10 Å². The first-order chi connectivity index (χ1) is 26.3. The van der Waals surface area contributed by atoms with Crippen LogP contribution in [0.3, 0.4) is 0 Å². The number of fused-ring (bicyclic) bond motifs is 1. The first-order valence-electron chi connectivity index (χ1n) is 18.5. The first kappa shape index (κ1) is 35.2. The van der Waals surface area contributed by atoms with Crippen molar-refractivity contribution in [2.75, 3.05) is 39.3 Å². The molecular weight excluding hydrogens is 683 g/mol. The number of amides is 1. The quantitative estimate of drug-likeness (QED) is 0.130. The molecule has 1 unspecified atom stereocenters. The molecule has 2 aliphatic rings. The van der Waals surface area contributed by atoms with Crippen molar-refractivity contribution >= 4 is 28.2 Å². The molecule has 0 bridgehead atoms. The fourth-order valence-corrected chi connectivity index (χ4v) is 7.67. The average molecular weight is 728 g/mol. The molecule has 3 aromatic carbocycles. The Morgan fingerprint density at radius 3 is 2.76 bits per heavy atom. The van der Waals surface area contributed by atoms with Gasteiger partial charge in [0.15, 0.2) is 5.76 Å². The molecule has 1 saturated heterocycles. The predicted molar refractivity (Wildman–Crippen MR) is 206 cm³/mol. The van der Waals surface area contributed by atoms with Crippen LogP contribution in [0.15, 0.2) is 83.6 Å². The Labute approximate surface area is 314 Å². The topological polar surface area (TPSA) is 137 Å². The molecule has 2 fully saturated rings. The van der Waals surface area contributed by atoms with Crippen molar-refractivity contribution in [3.05, 3.63) is 90.4 Å². The average Bonchev–Trinajstić information content (AvgIpc) is 3.53. The summed E-state index contributed by atoms with van der Waals surface area (Å²) < 4.78 is 18.5. The molecule has 13 nitrogen and oxygen atoms in total. The van der Waals surface area contributed by atoms with Crippen molar-refractivity contribution < 1.29 is 18.8 Å². The van der Waals surface area contributed by atoms with Crippen molar-refractivity contribution in [3.8, 4) is 34.3 Å². The van der Waals surface area contributed by atoms with Crippen LogP contribution in [-0.2, 0) is 17.9 Å². The summed E-state index contributed by atoms with van der Waals surface area (Å²) in [6, 6.07) is 22.8. The van der Waals surface area contributed by atoms with Gasteiger partial charge < -0.3 is 24.2 Å². The molecule has 1 amide bonds. The van der Waals surface area contributed by atoms with Gasteiger partial charge in [-0.3, -0.25) is 14.4 Å². The van der Waals surface area contributed by atoms with Crippen LogP contribution >= 0.6 is 0 Å². The number of rotatable bonds is 14. The zero-order chi connectivity index (χ0) is 37.2. The lowest BCUT2D eigenvalue weighted by Gasteiger charge is -2.28. The van der Waals surface area contributed by atoms with Gasteiger partial charge in [0.25, 0.3) is 0 Å². The van der Waals surface area contributed by atoms with Gasteiger partial charge in [-0.2, -0.15) is 4.98 Å². The summed E-state index contributed by atoms with van der Waals surface area (Å²) >= 11 is 0. The summed E-state index contributed by atoms with van der Waals surface area (Å²) in [5, 5.41) is 18.7. The second-order valence-corrected chi connectivity index (χ2v) is 14.5. The number of benzene rings is 3. The molecule has 54 heavy (non-hydrogen) atoms. The Balaban J connectivity index is 0.874. The lowest BCUT2D eigenvalue weighted by molar-refractivity contribution is -0.122. The predicted octanol–water partition coefficient (Wildman–Crippen LogP) is 6.59. The molecule has 1 aliphatic heterocycles. The van der Waals surface area contributed by atoms with Crippen molar-refractivity contribution in [2.45, 2.75) is 58.2 Å². The van der Waals surface area contributed by atoms with E-state index in [0.717, 1.165) is 95.7 Å². The van der Waals surface area contributed by atoms with Crippen molar-refractivity contribution in [2.24, 2.45) is 5.41 Å². The second-order valence-electron chi connectivity index (χ2n) is 14.5. The van der Waals surface area contributed by atoms with E-state index in [1.807, 2.05) is 59.2 Å². The SMILES string of the molecule is COc1nccc(N(C)c2ccc(C)c(-c3cn(CC4CCCN4CC4(CC(=O)NCc5cc(-c6c(OC)ccc7ccccc67)no5)CC4)nn3)c2)n1. The lowest BCUT2D eigenvalue weighted by Crippen LogP contribution is -2.39. The van der Waals surface area contributed by atoms with E-state index in [0.29, 0.717) is 29.9 Å². The van der Waals surface area contributed by atoms with Gasteiger partial charge in [-0.05, 0) is 85.2 Å². The van der Waals surface area contributed by atoms with E-state index in [1.54, 1.807) is 20.4 Å². The van der Waals surface area contributed by atoms with Gasteiger partial charge in [0.05, 0.1) is 39.1 Å². The van der Waals surface area contributed by atoms with Crippen LogP contribution in [0.1, 0.15) is 43.4 Å². The van der Waals surface area contributed by atoms with Crippen LogP contribution in [0.4, 0.5) is 11.5 Å². The van der Waals surface area contributed by atoms with Crippen LogP contribution in [0.2, 0.25) is 0 Å². The number of hydrogen-bond acceptors (Lipinski definition) is 11. The fourth-order valence-electron chi connectivity index (χ4n) is 7.67. The fraction of sp³-hybridized carbons (Fsp3) is 0.366. The number of anilines is 2. The minimum atomic E-state index is 0.000361. The molecule has 1 atom stereocenters. The normalized spacial score (nSPS) is 16.4. The number of nitrogens with zero attached hydrogens (tertiary/aromatic N) is 8. The zero-order valence-corrected chi connectivity index (χ0v) is 31.2. The molecule has 1 saturated carbocycles. The number of nitrogens with one attached hydrogen (secondary N) is 1. The molecule has 4 heterocycles. The summed E-state index contributed by atoms with van der Waals surface area (Å²) in [7, 11) is 5.18. The summed E-state index contributed by atoms with van der Waals surface area (Å²) in [5.41, 5.74) is 5.50. The highest BCUT2D eigenvalue weighted by molar-refractivity contribution is 5.98. The maximum atomic E-state index is 13.3. The molecule has 0 radical (unpaired) electrons. The van der Waals surface area contributed by atoms with E-state index in [4.69, 9.17) is 14.0 Å². The van der Waals surface area contributed by atoms with Crippen LogP contribution in [0.5, 0.6) is 11.8 Å². The maximum absolute atomic E-state index is 13.3. The number of likely N-dealkylation sites (tertiary alicyclic amines) is 1. The van der Waals surface area contributed by atoms with Gasteiger partial charge in [0.2, 0.25) is 5.91 Å². The Hall–Kier alpha value is -5.82. The van der Waals surface area contributed by atoms with Gasteiger partial charge >= 0.3 is 6.01 Å². The monoisotopic (exact) mass is 727 g/mol. The Kier molecular flexibility index (Phi) is 9.72. The lowest BCUT2D eigenvalue weighted by atomic mass is 10.0. The largest absolute Gasteiger partial charge is 0.496 e. The number of hydrogen-bond donors (Lipinski definition) is 1. The molecule has 3 aromatic heterocycles. The third kappa shape index (κ3) is 7.36. The van der Waals surface area contributed by atoms with Crippen LogP contribution < -0.4 is 19.7 Å². The van der Waals surface area contributed by atoms with Gasteiger partial charge in [-0.1, -0.05) is 46.8 Å². The highest BCUT2D eigenvalue weighted by Gasteiger charge is 2.47. The first-order valence-corrected chi connectivity index (χ1v) is 18.5. The van der Waals surface area contributed by atoms with Crippen LogP contribution in [0, 0.1) is 12.3 Å². The number of carbonyl (C=O) groups is 1. The zero-order valence-electron chi connectivity index (χ0n) is 31.2. The Morgan fingerprint density at radius 1 is 1.06 bits per heavy atom. The van der Waals surface area contributed by atoms with Crippen LogP contribution in [0.25, 0.3) is 33.3 Å². The van der Waals surface area contributed by atoms with E-state index in [-0.39, 0.29) is 17.9 Å². The summed E-state index contributed by atoms with van der Waals surface area (Å²) in [6.45, 7) is 5.05. The molecule has 1 aliphatic carbocycles. The van der Waals surface area contributed by atoms with E-state index in [1.165, 1.54) is 0 Å². The summed E-state index contributed by atoms with van der Waals surface area (Å²) in [5.74, 6) is 2.09. The van der Waals surface area contributed by atoms with E-state index >= 15 is 0 Å². The van der Waals surface area contributed by atoms with E-state index in [9.17, 15) is 4.79 Å². The van der Waals surface area contributed by atoms with E-state index < -0.39 is 0 Å². The minimum Gasteiger partial charge on any atom is -0.496 e. The molecular formula is C41H45N9O4. The molecule has 0 spiro atoms. The summed E-state index contributed by atoms with van der Waals surface area (Å²) in [6.07, 6.45) is 8.55. The van der Waals surface area contributed by atoms with Crippen molar-refractivity contribution in [3.63, 3.8) is 0 Å². The maximum Gasteiger partial charge on any atom is 0.318 e. The van der Waals surface area contributed by atoms with Gasteiger partial charge in [0.1, 0.15) is 23.0 Å². The van der Waals surface area contributed by atoms with Crippen molar-refractivity contribution in [1.29, 1.82) is 0 Å². The molecule has 278 valence electrons. The Morgan fingerprint density at radius 2 is 1.93 bits per heavy atom.